The van der Waals surface area contributed by atoms with Crippen LogP contribution in [0.3, 0.4) is 0 Å². The summed E-state index contributed by atoms with van der Waals surface area (Å²) in [6.07, 6.45) is -0.212. The van der Waals surface area contributed by atoms with Crippen LogP contribution in [0, 0.1) is 0 Å². The quantitative estimate of drug-likeness (QED) is 0.188. The second-order valence-corrected chi connectivity index (χ2v) is 10.6. The van der Waals surface area contributed by atoms with Crippen molar-refractivity contribution in [2.45, 2.75) is 25.4 Å². The molecule has 3 N–H and O–H groups in total. The third-order valence-corrected chi connectivity index (χ3v) is 7.45. The van der Waals surface area contributed by atoms with Crippen molar-refractivity contribution >= 4 is 45.8 Å². The number of pyridine rings is 3. The van der Waals surface area contributed by atoms with Gasteiger partial charge in [-0.05, 0) is 55.3 Å². The molecule has 15 heteroatoms. The van der Waals surface area contributed by atoms with Gasteiger partial charge in [-0.2, -0.15) is 13.2 Å². The summed E-state index contributed by atoms with van der Waals surface area (Å²) in [5, 5.41) is 14.0. The molecule has 0 aliphatic heterocycles. The minimum Gasteiger partial charge on any atom is -0.493 e. The summed E-state index contributed by atoms with van der Waals surface area (Å²) < 4.78 is 44.0. The summed E-state index contributed by atoms with van der Waals surface area (Å²) in [6, 6.07) is 19.3. The number of fused-ring (bicyclic) bond motifs is 2. The Balaban J connectivity index is 0.000000606. The molecule has 0 atom stereocenters. The maximum absolute atomic E-state index is 13.6. The Morgan fingerprint density at radius 2 is 1.61 bits per heavy atom. The highest BCUT2D eigenvalue weighted by Gasteiger charge is 2.38. The van der Waals surface area contributed by atoms with Gasteiger partial charge in [0.05, 0.1) is 31.6 Å². The van der Waals surface area contributed by atoms with Crippen LogP contribution in [0.4, 0.5) is 30.4 Å². The Kier molecular flexibility index (Phi) is 9.92. The molecular formula is C34H28F3N5O7. The topological polar surface area (TPSA) is 162 Å². The van der Waals surface area contributed by atoms with Crippen molar-refractivity contribution in [3.8, 4) is 17.2 Å². The molecule has 49 heavy (non-hydrogen) atoms. The Morgan fingerprint density at radius 3 is 2.24 bits per heavy atom. The van der Waals surface area contributed by atoms with Crippen LogP contribution in [0.15, 0.2) is 83.9 Å². The molecule has 3 aromatic heterocycles. The number of alkyl halides is 3. The number of aliphatic carboxylic acids is 1. The molecule has 0 spiro atoms. The van der Waals surface area contributed by atoms with E-state index < -0.39 is 23.6 Å². The normalized spacial score (nSPS) is 12.3. The molecule has 12 nitrogen and oxygen atoms in total. The summed E-state index contributed by atoms with van der Waals surface area (Å²) >= 11 is 0. The number of carboxylic acid groups (broad SMARTS) is 1. The SMILES string of the molecule is COc1cc2nccc(Nc3ccc(NC(=O)c4cc5c(n(-c6ccccc6)c4=O)CCCC5=O)nc3)c2cc1OC.O=C(O)C(F)(F)F. The van der Waals surface area contributed by atoms with E-state index >= 15 is 0 Å². The minimum atomic E-state index is -5.08. The lowest BCUT2D eigenvalue weighted by Crippen LogP contribution is -2.33. The molecule has 0 fully saturated rings. The highest BCUT2D eigenvalue weighted by atomic mass is 19.4. The number of rotatable bonds is 7. The fourth-order valence-electron chi connectivity index (χ4n) is 5.17. The van der Waals surface area contributed by atoms with Gasteiger partial charge in [-0.1, -0.05) is 18.2 Å². The summed E-state index contributed by atoms with van der Waals surface area (Å²) in [7, 11) is 3.14. The molecule has 1 aliphatic carbocycles. The van der Waals surface area contributed by atoms with Crippen LogP contribution in [-0.2, 0) is 11.2 Å². The molecule has 3 heterocycles. The number of nitrogens with one attached hydrogen (secondary N) is 2. The van der Waals surface area contributed by atoms with Crippen molar-refractivity contribution in [2.75, 3.05) is 24.9 Å². The van der Waals surface area contributed by atoms with E-state index in [1.165, 1.54) is 10.6 Å². The van der Waals surface area contributed by atoms with Gasteiger partial charge in [0.25, 0.3) is 11.5 Å². The lowest BCUT2D eigenvalue weighted by atomic mass is 9.92. The number of carbonyl (C=O) groups is 3. The van der Waals surface area contributed by atoms with Crippen LogP contribution in [0.2, 0.25) is 0 Å². The van der Waals surface area contributed by atoms with Gasteiger partial charge in [-0.15, -0.1) is 0 Å². The number of Topliss-reactive ketones (excluding diaryl/α,β-unsaturated/α-hetero) is 1. The Labute approximate surface area is 276 Å². The first-order chi connectivity index (χ1) is 23.4. The Morgan fingerprint density at radius 1 is 0.918 bits per heavy atom. The lowest BCUT2D eigenvalue weighted by Gasteiger charge is -2.21. The Bertz CT molecular complexity index is 2100. The zero-order valence-electron chi connectivity index (χ0n) is 26.0. The van der Waals surface area contributed by atoms with Crippen LogP contribution in [0.1, 0.15) is 39.3 Å². The zero-order chi connectivity index (χ0) is 35.3. The maximum Gasteiger partial charge on any atom is 0.490 e. The largest absolute Gasteiger partial charge is 0.493 e. The van der Waals surface area contributed by atoms with E-state index in [0.717, 1.165) is 16.6 Å². The molecule has 6 rings (SSSR count). The average molecular weight is 676 g/mol. The average Bonchev–Trinajstić information content (AvgIpc) is 3.08. The molecule has 0 saturated heterocycles. The molecular weight excluding hydrogens is 647 g/mol. The van der Waals surface area contributed by atoms with E-state index in [2.05, 4.69) is 20.6 Å². The fourth-order valence-corrected chi connectivity index (χ4v) is 5.17. The Hall–Kier alpha value is -6.25. The predicted octanol–water partition coefficient (Wildman–Crippen LogP) is 5.95. The van der Waals surface area contributed by atoms with Crippen LogP contribution in [0.25, 0.3) is 16.6 Å². The summed E-state index contributed by atoms with van der Waals surface area (Å²) in [5.74, 6) is -2.06. The molecule has 0 bridgehead atoms. The number of halogens is 3. The number of ketones is 1. The van der Waals surface area contributed by atoms with Gasteiger partial charge in [-0.3, -0.25) is 23.9 Å². The number of ether oxygens (including phenoxy) is 2. The van der Waals surface area contributed by atoms with Crippen molar-refractivity contribution in [1.82, 2.24) is 14.5 Å². The number of para-hydroxylation sites is 1. The number of aromatic nitrogens is 3. The maximum atomic E-state index is 13.6. The van der Waals surface area contributed by atoms with Crippen LogP contribution >= 0.6 is 0 Å². The van der Waals surface area contributed by atoms with Gasteiger partial charge in [-0.25, -0.2) is 9.78 Å². The second kappa shape index (κ2) is 14.3. The summed E-state index contributed by atoms with van der Waals surface area (Å²) in [4.78, 5) is 57.3. The molecule has 2 aromatic carbocycles. The van der Waals surface area contributed by atoms with E-state index in [1.807, 2.05) is 30.3 Å². The van der Waals surface area contributed by atoms with E-state index in [9.17, 15) is 27.6 Å². The van der Waals surface area contributed by atoms with Gasteiger partial charge < -0.3 is 25.2 Å². The lowest BCUT2D eigenvalue weighted by molar-refractivity contribution is -0.192. The van der Waals surface area contributed by atoms with Crippen molar-refractivity contribution in [1.29, 1.82) is 0 Å². The van der Waals surface area contributed by atoms with Crippen molar-refractivity contribution < 1.29 is 42.1 Å². The number of nitrogens with zero attached hydrogens (tertiary/aromatic N) is 3. The number of amides is 1. The molecule has 252 valence electrons. The molecule has 1 aliphatic rings. The minimum absolute atomic E-state index is 0.0803. The molecule has 0 unspecified atom stereocenters. The first-order valence-corrected chi connectivity index (χ1v) is 14.6. The number of benzene rings is 2. The third-order valence-electron chi connectivity index (χ3n) is 7.45. The first kappa shape index (κ1) is 34.1. The number of anilines is 3. The predicted molar refractivity (Wildman–Crippen MR) is 173 cm³/mol. The third kappa shape index (κ3) is 7.51. The van der Waals surface area contributed by atoms with Gasteiger partial charge in [0.2, 0.25) is 0 Å². The summed E-state index contributed by atoms with van der Waals surface area (Å²) in [6.45, 7) is 0. The van der Waals surface area contributed by atoms with Crippen molar-refractivity contribution in [3.63, 3.8) is 0 Å². The van der Waals surface area contributed by atoms with E-state index in [-0.39, 0.29) is 17.2 Å². The number of methoxy groups -OCH3 is 2. The molecule has 1 amide bonds. The second-order valence-electron chi connectivity index (χ2n) is 10.6. The zero-order valence-corrected chi connectivity index (χ0v) is 26.0. The van der Waals surface area contributed by atoms with Gasteiger partial charge in [0, 0.05) is 46.7 Å². The van der Waals surface area contributed by atoms with E-state index in [0.29, 0.717) is 53.4 Å². The van der Waals surface area contributed by atoms with Crippen molar-refractivity contribution in [2.24, 2.45) is 0 Å². The van der Waals surface area contributed by atoms with Crippen LogP contribution in [-0.4, -0.2) is 57.7 Å². The number of carbonyl (C=O) groups excluding carboxylic acids is 2. The van der Waals surface area contributed by atoms with Gasteiger partial charge in [0.1, 0.15) is 11.4 Å². The first-order valence-electron chi connectivity index (χ1n) is 14.6. The van der Waals surface area contributed by atoms with Crippen LogP contribution in [0.5, 0.6) is 11.5 Å². The van der Waals surface area contributed by atoms with Gasteiger partial charge in [0.15, 0.2) is 17.3 Å². The number of hydrogen-bond acceptors (Lipinski definition) is 9. The fraction of sp³-hybridized carbons (Fsp3) is 0.176. The molecule has 5 aromatic rings. The van der Waals surface area contributed by atoms with Crippen LogP contribution < -0.4 is 25.7 Å². The van der Waals surface area contributed by atoms with Crippen molar-refractivity contribution in [3.05, 3.63) is 106 Å². The summed E-state index contributed by atoms with van der Waals surface area (Å²) in [5.41, 5.74) is 3.20. The smallest absolute Gasteiger partial charge is 0.490 e. The molecule has 0 saturated carbocycles. The van der Waals surface area contributed by atoms with Gasteiger partial charge >= 0.3 is 12.1 Å². The standard InChI is InChI=1S/C32H27N5O5.C2HF3O2/c1-41-28-16-21-24(13-14-33-25(21)17-29(28)42-2)35-19-11-12-30(34-18-19)36-31(39)23-15-22-26(9-6-10-27(22)38)37(32(23)40)20-7-4-3-5-8-20;3-2(4,5)1(6)7/h3-5,7-8,11-18H,6,9-10H2,1-2H3,(H,33,35)(H,34,36,39);(H,6,7). The molecule has 0 radical (unpaired) electrons. The highest BCUT2D eigenvalue weighted by molar-refractivity contribution is 6.06. The van der Waals surface area contributed by atoms with E-state index in [4.69, 9.17) is 19.4 Å². The van der Waals surface area contributed by atoms with E-state index in [1.54, 1.807) is 56.9 Å². The highest BCUT2D eigenvalue weighted by Crippen LogP contribution is 2.35. The monoisotopic (exact) mass is 675 g/mol. The number of hydrogen-bond donors (Lipinski definition) is 3. The number of carboxylic acids is 1.